The van der Waals surface area contributed by atoms with Crippen molar-refractivity contribution >= 4 is 17.2 Å². The van der Waals surface area contributed by atoms with Crippen molar-refractivity contribution in [1.82, 2.24) is 19.8 Å². The Morgan fingerprint density at radius 2 is 2.04 bits per heavy atom. The SMILES string of the molecule is CCN1C[C@@H](C)N(C(=O)Cc2csc(-c3ccccn3)n2)[C@H](C)C1. The first-order valence-electron chi connectivity index (χ1n) is 8.47. The molecule has 0 unspecified atom stereocenters. The highest BCUT2D eigenvalue weighted by molar-refractivity contribution is 7.13. The number of piperazine rings is 1. The number of amides is 1. The molecule has 1 amide bonds. The number of carbonyl (C=O) groups excluding carboxylic acids is 1. The van der Waals surface area contributed by atoms with Crippen molar-refractivity contribution in [3.8, 4) is 10.7 Å². The summed E-state index contributed by atoms with van der Waals surface area (Å²) in [7, 11) is 0. The van der Waals surface area contributed by atoms with Crippen LogP contribution in [-0.4, -0.2) is 57.4 Å². The summed E-state index contributed by atoms with van der Waals surface area (Å²) >= 11 is 1.54. The molecule has 6 heteroatoms. The fourth-order valence-corrected chi connectivity index (χ4v) is 4.22. The molecule has 2 aromatic heterocycles. The fourth-order valence-electron chi connectivity index (χ4n) is 3.42. The Bertz CT molecular complexity index is 675. The Kier molecular flexibility index (Phi) is 5.26. The quantitative estimate of drug-likeness (QED) is 0.856. The first kappa shape index (κ1) is 17.0. The number of likely N-dealkylation sites (N-methyl/N-ethyl adjacent to an activating group) is 1. The summed E-state index contributed by atoms with van der Waals surface area (Å²) in [6.07, 6.45) is 2.13. The van der Waals surface area contributed by atoms with Crippen LogP contribution in [0, 0.1) is 0 Å². The predicted octanol–water partition coefficient (Wildman–Crippen LogP) is 2.69. The predicted molar refractivity (Wildman–Crippen MR) is 96.9 cm³/mol. The molecule has 0 aromatic carbocycles. The number of aromatic nitrogens is 2. The van der Waals surface area contributed by atoms with Crippen LogP contribution in [0.4, 0.5) is 0 Å². The van der Waals surface area contributed by atoms with Gasteiger partial charge < -0.3 is 4.90 Å². The van der Waals surface area contributed by atoms with Crippen molar-refractivity contribution in [2.75, 3.05) is 19.6 Å². The zero-order valence-electron chi connectivity index (χ0n) is 14.5. The summed E-state index contributed by atoms with van der Waals surface area (Å²) in [4.78, 5) is 26.1. The normalized spacial score (nSPS) is 21.9. The number of hydrogen-bond donors (Lipinski definition) is 0. The van der Waals surface area contributed by atoms with E-state index >= 15 is 0 Å². The van der Waals surface area contributed by atoms with Gasteiger partial charge in [0.25, 0.3) is 0 Å². The minimum Gasteiger partial charge on any atom is -0.334 e. The third-order valence-electron chi connectivity index (χ3n) is 4.50. The molecule has 0 spiro atoms. The third-order valence-corrected chi connectivity index (χ3v) is 5.41. The van der Waals surface area contributed by atoms with Gasteiger partial charge in [0.05, 0.1) is 17.8 Å². The summed E-state index contributed by atoms with van der Waals surface area (Å²) in [6.45, 7) is 9.38. The number of nitrogens with zero attached hydrogens (tertiary/aromatic N) is 4. The molecule has 0 radical (unpaired) electrons. The van der Waals surface area contributed by atoms with E-state index in [2.05, 4.69) is 35.6 Å². The molecule has 1 aliphatic rings. The average Bonchev–Trinajstić information content (AvgIpc) is 3.03. The third kappa shape index (κ3) is 3.65. The van der Waals surface area contributed by atoms with Gasteiger partial charge in [-0.25, -0.2) is 4.98 Å². The molecular weight excluding hydrogens is 320 g/mol. The zero-order valence-corrected chi connectivity index (χ0v) is 15.3. The van der Waals surface area contributed by atoms with Crippen LogP contribution in [0.15, 0.2) is 29.8 Å². The number of rotatable bonds is 4. The monoisotopic (exact) mass is 344 g/mol. The van der Waals surface area contributed by atoms with Gasteiger partial charge in [-0.1, -0.05) is 13.0 Å². The number of pyridine rings is 1. The van der Waals surface area contributed by atoms with Crippen LogP contribution in [-0.2, 0) is 11.2 Å². The smallest absolute Gasteiger partial charge is 0.229 e. The molecule has 3 rings (SSSR count). The maximum absolute atomic E-state index is 12.8. The average molecular weight is 344 g/mol. The Morgan fingerprint density at radius 3 is 2.67 bits per heavy atom. The molecule has 1 aliphatic heterocycles. The van der Waals surface area contributed by atoms with Gasteiger partial charge in [-0.05, 0) is 32.5 Å². The Labute approximate surface area is 147 Å². The van der Waals surface area contributed by atoms with Crippen LogP contribution in [0.1, 0.15) is 26.5 Å². The summed E-state index contributed by atoms with van der Waals surface area (Å²) in [5.74, 6) is 0.170. The lowest BCUT2D eigenvalue weighted by Crippen LogP contribution is -2.58. The molecule has 3 heterocycles. The van der Waals surface area contributed by atoms with Crippen LogP contribution in [0.5, 0.6) is 0 Å². The highest BCUT2D eigenvalue weighted by Crippen LogP contribution is 2.23. The van der Waals surface area contributed by atoms with Gasteiger partial charge in [0.1, 0.15) is 5.01 Å². The fraction of sp³-hybridized carbons (Fsp3) is 0.500. The standard InChI is InChI=1S/C18H24N4OS/c1-4-21-10-13(2)22(14(3)11-21)17(23)9-15-12-24-18(20-15)16-7-5-6-8-19-16/h5-8,12-14H,4,9-11H2,1-3H3/t13-,14-/m1/s1. The van der Waals surface area contributed by atoms with Crippen molar-refractivity contribution in [3.05, 3.63) is 35.5 Å². The minimum atomic E-state index is 0.170. The first-order chi connectivity index (χ1) is 11.6. The molecular formula is C18H24N4OS. The number of hydrogen-bond acceptors (Lipinski definition) is 5. The van der Waals surface area contributed by atoms with Crippen LogP contribution in [0.25, 0.3) is 10.7 Å². The molecule has 0 aliphatic carbocycles. The molecule has 0 bridgehead atoms. The Balaban J connectivity index is 1.68. The van der Waals surface area contributed by atoms with E-state index in [1.165, 1.54) is 0 Å². The molecule has 0 N–H and O–H groups in total. The van der Waals surface area contributed by atoms with Gasteiger partial charge in [0.15, 0.2) is 0 Å². The van der Waals surface area contributed by atoms with Gasteiger partial charge in [-0.3, -0.25) is 14.7 Å². The highest BCUT2D eigenvalue weighted by atomic mass is 32.1. The second kappa shape index (κ2) is 7.40. The van der Waals surface area contributed by atoms with Gasteiger partial charge in [0, 0.05) is 36.8 Å². The Morgan fingerprint density at radius 1 is 1.29 bits per heavy atom. The van der Waals surface area contributed by atoms with Gasteiger partial charge in [0.2, 0.25) is 5.91 Å². The maximum atomic E-state index is 12.8. The second-order valence-electron chi connectivity index (χ2n) is 6.39. The second-order valence-corrected chi connectivity index (χ2v) is 7.25. The van der Waals surface area contributed by atoms with Crippen molar-refractivity contribution < 1.29 is 4.79 Å². The number of thiazole rings is 1. The molecule has 1 saturated heterocycles. The van der Waals surface area contributed by atoms with Gasteiger partial charge >= 0.3 is 0 Å². The highest BCUT2D eigenvalue weighted by Gasteiger charge is 2.32. The molecule has 1 fully saturated rings. The van der Waals surface area contributed by atoms with E-state index in [-0.39, 0.29) is 18.0 Å². The van der Waals surface area contributed by atoms with Gasteiger partial charge in [-0.2, -0.15) is 0 Å². The van der Waals surface area contributed by atoms with E-state index in [0.29, 0.717) is 6.42 Å². The van der Waals surface area contributed by atoms with Crippen molar-refractivity contribution in [3.63, 3.8) is 0 Å². The molecule has 2 aromatic rings. The molecule has 0 saturated carbocycles. The molecule has 24 heavy (non-hydrogen) atoms. The minimum absolute atomic E-state index is 0.170. The first-order valence-corrected chi connectivity index (χ1v) is 9.35. The molecule has 2 atom stereocenters. The largest absolute Gasteiger partial charge is 0.334 e. The lowest BCUT2D eigenvalue weighted by molar-refractivity contribution is -0.138. The summed E-state index contributed by atoms with van der Waals surface area (Å²) in [5.41, 5.74) is 1.70. The topological polar surface area (TPSA) is 49.3 Å². The van der Waals surface area contributed by atoms with Crippen LogP contribution < -0.4 is 0 Å². The van der Waals surface area contributed by atoms with Crippen molar-refractivity contribution in [1.29, 1.82) is 0 Å². The van der Waals surface area contributed by atoms with Crippen molar-refractivity contribution in [2.24, 2.45) is 0 Å². The van der Waals surface area contributed by atoms with E-state index < -0.39 is 0 Å². The summed E-state index contributed by atoms with van der Waals surface area (Å²) < 4.78 is 0. The van der Waals surface area contributed by atoms with E-state index in [4.69, 9.17) is 0 Å². The van der Waals surface area contributed by atoms with E-state index in [1.54, 1.807) is 17.5 Å². The van der Waals surface area contributed by atoms with Crippen molar-refractivity contribution in [2.45, 2.75) is 39.3 Å². The van der Waals surface area contributed by atoms with Gasteiger partial charge in [-0.15, -0.1) is 11.3 Å². The number of carbonyl (C=O) groups is 1. The van der Waals surface area contributed by atoms with Crippen LogP contribution in [0.3, 0.4) is 0 Å². The van der Waals surface area contributed by atoms with E-state index in [0.717, 1.165) is 36.0 Å². The Hall–Kier alpha value is -1.79. The lowest BCUT2D eigenvalue weighted by Gasteiger charge is -2.44. The molecule has 5 nitrogen and oxygen atoms in total. The summed E-state index contributed by atoms with van der Waals surface area (Å²) in [5, 5.41) is 2.84. The zero-order chi connectivity index (χ0) is 17.1. The summed E-state index contributed by atoms with van der Waals surface area (Å²) in [6, 6.07) is 6.27. The van der Waals surface area contributed by atoms with E-state index in [1.807, 2.05) is 28.5 Å². The lowest BCUT2D eigenvalue weighted by atomic mass is 10.1. The maximum Gasteiger partial charge on any atom is 0.229 e. The van der Waals surface area contributed by atoms with Crippen LogP contribution >= 0.6 is 11.3 Å². The molecule has 128 valence electrons. The van der Waals surface area contributed by atoms with Crippen LogP contribution in [0.2, 0.25) is 0 Å². The van der Waals surface area contributed by atoms with E-state index in [9.17, 15) is 4.79 Å².